The number of nitrogens with two attached hydrogens (primary N) is 1. The first-order chi connectivity index (χ1) is 7.24. The van der Waals surface area contributed by atoms with Crippen molar-refractivity contribution in [2.24, 2.45) is 5.73 Å². The van der Waals surface area contributed by atoms with Crippen molar-refractivity contribution in [3.8, 4) is 0 Å². The number of rotatable bonds is 3. The van der Waals surface area contributed by atoms with Crippen LogP contribution in [0.2, 0.25) is 5.02 Å². The van der Waals surface area contributed by atoms with Gasteiger partial charge in [-0.25, -0.2) is 0 Å². The summed E-state index contributed by atoms with van der Waals surface area (Å²) in [6, 6.07) is 8.07. The normalized spacial score (nSPS) is 19.3. The van der Waals surface area contributed by atoms with Gasteiger partial charge in [0.25, 0.3) is 0 Å². The van der Waals surface area contributed by atoms with E-state index >= 15 is 0 Å². The van der Waals surface area contributed by atoms with Crippen LogP contribution in [0.4, 0.5) is 0 Å². The van der Waals surface area contributed by atoms with Gasteiger partial charge in [-0.15, -0.1) is 11.8 Å². The second-order valence-corrected chi connectivity index (χ2v) is 6.13. The third-order valence-electron chi connectivity index (χ3n) is 3.03. The molecular weight excluding hydrogens is 226 g/mol. The highest BCUT2D eigenvalue weighted by atomic mass is 35.5. The average molecular weight is 242 g/mol. The van der Waals surface area contributed by atoms with E-state index in [-0.39, 0.29) is 4.75 Å². The maximum absolute atomic E-state index is 5.90. The van der Waals surface area contributed by atoms with Gasteiger partial charge in [-0.2, -0.15) is 0 Å². The fourth-order valence-corrected chi connectivity index (χ4v) is 3.59. The highest BCUT2D eigenvalue weighted by molar-refractivity contribution is 8.00. The molecule has 0 radical (unpaired) electrons. The van der Waals surface area contributed by atoms with Crippen LogP contribution in [0, 0.1) is 0 Å². The number of hydrogen-bond donors (Lipinski definition) is 1. The maximum atomic E-state index is 5.90. The topological polar surface area (TPSA) is 26.0 Å². The fraction of sp³-hybridized carbons (Fsp3) is 0.500. The minimum Gasteiger partial charge on any atom is -0.329 e. The van der Waals surface area contributed by atoms with E-state index in [1.807, 2.05) is 23.9 Å². The van der Waals surface area contributed by atoms with E-state index < -0.39 is 0 Å². The van der Waals surface area contributed by atoms with Crippen LogP contribution >= 0.6 is 23.4 Å². The van der Waals surface area contributed by atoms with E-state index in [1.54, 1.807) is 0 Å². The summed E-state index contributed by atoms with van der Waals surface area (Å²) in [5.74, 6) is 0. The Morgan fingerprint density at radius 2 is 1.80 bits per heavy atom. The lowest BCUT2D eigenvalue weighted by Crippen LogP contribution is -2.30. The predicted molar refractivity (Wildman–Crippen MR) is 67.6 cm³/mol. The fourth-order valence-electron chi connectivity index (χ4n) is 2.12. The summed E-state index contributed by atoms with van der Waals surface area (Å²) in [5.41, 5.74) is 5.90. The van der Waals surface area contributed by atoms with Crippen LogP contribution in [0.15, 0.2) is 29.2 Å². The van der Waals surface area contributed by atoms with Crippen LogP contribution in [0.25, 0.3) is 0 Å². The van der Waals surface area contributed by atoms with Crippen LogP contribution in [0.1, 0.15) is 25.7 Å². The van der Waals surface area contributed by atoms with E-state index in [9.17, 15) is 0 Å². The van der Waals surface area contributed by atoms with Gasteiger partial charge in [0.05, 0.1) is 0 Å². The first-order valence-corrected chi connectivity index (χ1v) is 6.58. The van der Waals surface area contributed by atoms with Crippen LogP contribution < -0.4 is 5.73 Å². The van der Waals surface area contributed by atoms with Crippen molar-refractivity contribution in [2.45, 2.75) is 35.3 Å². The molecule has 3 heteroatoms. The Hall–Kier alpha value is -0.180. The van der Waals surface area contributed by atoms with Crippen molar-refractivity contribution in [3.05, 3.63) is 29.3 Å². The third-order valence-corrected chi connectivity index (χ3v) is 4.80. The summed E-state index contributed by atoms with van der Waals surface area (Å²) in [7, 11) is 0. The Bertz CT molecular complexity index is 317. The zero-order valence-electron chi connectivity index (χ0n) is 8.71. The smallest absolute Gasteiger partial charge is 0.0406 e. The Morgan fingerprint density at radius 1 is 1.20 bits per heavy atom. The number of thioether (sulfide) groups is 1. The van der Waals surface area contributed by atoms with E-state index in [0.29, 0.717) is 0 Å². The van der Waals surface area contributed by atoms with E-state index in [2.05, 4.69) is 12.1 Å². The summed E-state index contributed by atoms with van der Waals surface area (Å²) >= 11 is 7.79. The van der Waals surface area contributed by atoms with Gasteiger partial charge < -0.3 is 5.73 Å². The molecule has 2 N–H and O–H groups in total. The molecule has 1 aromatic rings. The summed E-state index contributed by atoms with van der Waals surface area (Å²) < 4.78 is 0.286. The molecule has 1 nitrogen and oxygen atoms in total. The lowest BCUT2D eigenvalue weighted by molar-refractivity contribution is 0.619. The van der Waals surface area contributed by atoms with Crippen LogP contribution in [-0.2, 0) is 0 Å². The Labute approximate surface area is 100 Å². The van der Waals surface area contributed by atoms with Gasteiger partial charge in [-0.05, 0) is 37.1 Å². The summed E-state index contributed by atoms with van der Waals surface area (Å²) in [6.07, 6.45) is 5.13. The minimum atomic E-state index is 0.286. The van der Waals surface area contributed by atoms with Gasteiger partial charge in [0.1, 0.15) is 0 Å². The Kier molecular flexibility index (Phi) is 3.60. The van der Waals surface area contributed by atoms with Crippen molar-refractivity contribution in [1.29, 1.82) is 0 Å². The van der Waals surface area contributed by atoms with Gasteiger partial charge >= 0.3 is 0 Å². The molecular formula is C12H16ClNS. The Morgan fingerprint density at radius 3 is 2.33 bits per heavy atom. The minimum absolute atomic E-state index is 0.286. The van der Waals surface area contributed by atoms with Gasteiger partial charge in [-0.3, -0.25) is 0 Å². The van der Waals surface area contributed by atoms with Gasteiger partial charge in [0, 0.05) is 21.2 Å². The highest BCUT2D eigenvalue weighted by Gasteiger charge is 2.33. The summed E-state index contributed by atoms with van der Waals surface area (Å²) in [4.78, 5) is 1.28. The number of halogens is 1. The molecule has 0 spiro atoms. The standard InChI is InChI=1S/C12H16ClNS/c13-10-3-5-11(6-4-10)15-12(9-14)7-1-2-8-12/h3-6H,1-2,7-9,14H2. The molecule has 0 bridgehead atoms. The van der Waals surface area contributed by atoms with Crippen LogP contribution in [0.3, 0.4) is 0 Å². The molecule has 1 aromatic carbocycles. The predicted octanol–water partition coefficient (Wildman–Crippen LogP) is 3.70. The molecule has 0 aromatic heterocycles. The molecule has 0 unspecified atom stereocenters. The monoisotopic (exact) mass is 241 g/mol. The number of benzene rings is 1. The molecule has 0 atom stereocenters. The first kappa shape index (κ1) is 11.3. The first-order valence-electron chi connectivity index (χ1n) is 5.39. The van der Waals surface area contributed by atoms with Crippen LogP contribution in [0.5, 0.6) is 0 Å². The van der Waals surface area contributed by atoms with E-state index in [0.717, 1.165) is 11.6 Å². The molecule has 82 valence electrons. The van der Waals surface area contributed by atoms with Crippen molar-refractivity contribution in [2.75, 3.05) is 6.54 Å². The average Bonchev–Trinajstić information content (AvgIpc) is 2.71. The van der Waals surface area contributed by atoms with E-state index in [4.69, 9.17) is 17.3 Å². The molecule has 0 heterocycles. The molecule has 1 fully saturated rings. The molecule has 2 rings (SSSR count). The molecule has 1 saturated carbocycles. The lowest BCUT2D eigenvalue weighted by atomic mass is 10.1. The van der Waals surface area contributed by atoms with Gasteiger partial charge in [0.2, 0.25) is 0 Å². The van der Waals surface area contributed by atoms with Gasteiger partial charge in [0.15, 0.2) is 0 Å². The maximum Gasteiger partial charge on any atom is 0.0406 e. The highest BCUT2D eigenvalue weighted by Crippen LogP contribution is 2.44. The lowest BCUT2D eigenvalue weighted by Gasteiger charge is -2.26. The molecule has 1 aliphatic rings. The molecule has 0 aliphatic heterocycles. The molecule has 0 saturated heterocycles. The zero-order chi connectivity index (χ0) is 10.7. The quantitative estimate of drug-likeness (QED) is 0.873. The zero-order valence-corrected chi connectivity index (χ0v) is 10.3. The second kappa shape index (κ2) is 4.77. The molecule has 15 heavy (non-hydrogen) atoms. The number of hydrogen-bond acceptors (Lipinski definition) is 2. The van der Waals surface area contributed by atoms with E-state index in [1.165, 1.54) is 30.6 Å². The Balaban J connectivity index is 2.09. The van der Waals surface area contributed by atoms with Gasteiger partial charge in [-0.1, -0.05) is 24.4 Å². The molecule has 0 amide bonds. The summed E-state index contributed by atoms with van der Waals surface area (Å²) in [6.45, 7) is 0.778. The van der Waals surface area contributed by atoms with Crippen molar-refractivity contribution in [1.82, 2.24) is 0 Å². The van der Waals surface area contributed by atoms with Crippen molar-refractivity contribution < 1.29 is 0 Å². The SMILES string of the molecule is NCC1(Sc2ccc(Cl)cc2)CCCC1. The van der Waals surface area contributed by atoms with Crippen molar-refractivity contribution >= 4 is 23.4 Å². The summed E-state index contributed by atoms with van der Waals surface area (Å²) in [5, 5.41) is 0.799. The molecule has 1 aliphatic carbocycles. The largest absolute Gasteiger partial charge is 0.329 e. The second-order valence-electron chi connectivity index (χ2n) is 4.15. The van der Waals surface area contributed by atoms with Crippen LogP contribution in [-0.4, -0.2) is 11.3 Å². The van der Waals surface area contributed by atoms with Crippen molar-refractivity contribution in [3.63, 3.8) is 0 Å². The third kappa shape index (κ3) is 2.68.